The topological polar surface area (TPSA) is 61.0 Å². The van der Waals surface area contributed by atoms with Gasteiger partial charge in [0.15, 0.2) is 0 Å². The highest BCUT2D eigenvalue weighted by Gasteiger charge is 2.29. The van der Waals surface area contributed by atoms with Crippen LogP contribution in [0.1, 0.15) is 23.6 Å². The molecule has 0 aliphatic heterocycles. The monoisotopic (exact) mass is 566 g/mol. The predicted molar refractivity (Wildman–Crippen MR) is 154 cm³/mol. The molecule has 41 heavy (non-hydrogen) atoms. The number of halogens is 3. The van der Waals surface area contributed by atoms with Crippen molar-refractivity contribution in [1.29, 1.82) is 0 Å². The molecule has 216 valence electrons. The summed E-state index contributed by atoms with van der Waals surface area (Å²) in [6.07, 6.45) is -3.76. The second kappa shape index (κ2) is 13.8. The van der Waals surface area contributed by atoms with Crippen molar-refractivity contribution in [3.05, 3.63) is 102 Å². The molecule has 6 nitrogen and oxygen atoms in total. The molecule has 0 bridgehead atoms. The van der Waals surface area contributed by atoms with E-state index in [4.69, 9.17) is 18.9 Å². The summed E-state index contributed by atoms with van der Waals surface area (Å²) in [7, 11) is 3.15. The molecule has 4 aromatic rings. The fourth-order valence-corrected chi connectivity index (χ4v) is 4.21. The van der Waals surface area contributed by atoms with Gasteiger partial charge < -0.3 is 29.6 Å². The number of alkyl halides is 3. The second-order valence-electron chi connectivity index (χ2n) is 9.14. The van der Waals surface area contributed by atoms with Gasteiger partial charge in [-0.3, -0.25) is 0 Å². The summed E-state index contributed by atoms with van der Waals surface area (Å²) < 4.78 is 61.1. The summed E-state index contributed by atoms with van der Waals surface area (Å²) in [5, 5.41) is 6.66. The van der Waals surface area contributed by atoms with Crippen LogP contribution >= 0.6 is 0 Å². The van der Waals surface area contributed by atoms with Crippen LogP contribution in [0.5, 0.6) is 28.7 Å². The van der Waals surface area contributed by atoms with Crippen LogP contribution in [-0.2, 0) is 19.1 Å². The number of hydrogen-bond donors (Lipinski definition) is 2. The molecule has 0 radical (unpaired) electrons. The Balaban J connectivity index is 1.35. The minimum Gasteiger partial charge on any atom is -0.496 e. The Labute approximate surface area is 238 Å². The normalized spacial score (nSPS) is 11.2. The Bertz CT molecular complexity index is 1370. The van der Waals surface area contributed by atoms with Crippen molar-refractivity contribution in [1.82, 2.24) is 5.32 Å². The van der Waals surface area contributed by atoms with E-state index in [9.17, 15) is 13.2 Å². The van der Waals surface area contributed by atoms with Crippen molar-refractivity contribution in [2.75, 3.05) is 32.7 Å². The van der Waals surface area contributed by atoms with Gasteiger partial charge in [0.05, 0.1) is 32.0 Å². The van der Waals surface area contributed by atoms with Crippen molar-refractivity contribution in [2.45, 2.75) is 26.1 Å². The zero-order chi connectivity index (χ0) is 29.2. The summed E-state index contributed by atoms with van der Waals surface area (Å²) in [4.78, 5) is 0. The fourth-order valence-electron chi connectivity index (χ4n) is 4.21. The highest BCUT2D eigenvalue weighted by Crippen LogP contribution is 2.36. The van der Waals surface area contributed by atoms with Gasteiger partial charge in [0, 0.05) is 30.1 Å². The van der Waals surface area contributed by atoms with E-state index in [0.29, 0.717) is 49.1 Å². The Hall–Kier alpha value is -4.37. The second-order valence-corrected chi connectivity index (χ2v) is 9.14. The van der Waals surface area contributed by atoms with E-state index in [2.05, 4.69) is 10.6 Å². The molecular formula is C32H33F3N2O4. The van der Waals surface area contributed by atoms with Crippen LogP contribution in [0.15, 0.2) is 84.9 Å². The average Bonchev–Trinajstić information content (AvgIpc) is 2.97. The van der Waals surface area contributed by atoms with Gasteiger partial charge in [-0.25, -0.2) is 0 Å². The number of benzene rings is 4. The van der Waals surface area contributed by atoms with E-state index in [1.54, 1.807) is 26.4 Å². The molecule has 0 aliphatic rings. The number of methoxy groups -OCH3 is 2. The number of nitrogens with one attached hydrogen (secondary N) is 2. The van der Waals surface area contributed by atoms with Gasteiger partial charge in [0.1, 0.15) is 28.7 Å². The van der Waals surface area contributed by atoms with Gasteiger partial charge in [-0.15, -0.1) is 0 Å². The van der Waals surface area contributed by atoms with Gasteiger partial charge in [0.25, 0.3) is 0 Å². The summed E-state index contributed by atoms with van der Waals surface area (Å²) in [5.74, 6) is 3.21. The smallest absolute Gasteiger partial charge is 0.416 e. The third-order valence-corrected chi connectivity index (χ3v) is 6.30. The predicted octanol–water partition coefficient (Wildman–Crippen LogP) is 7.99. The SMILES string of the molecule is CCOc1ccc(Nc2ccc(Oc3cc(OC)c(CNCCc4ccc(C(F)(F)F)cc4)c(OC)c3)cc2)cc1. The van der Waals surface area contributed by atoms with Crippen LogP contribution in [0, 0.1) is 0 Å². The third-order valence-electron chi connectivity index (χ3n) is 6.30. The van der Waals surface area contributed by atoms with Gasteiger partial charge in [-0.2, -0.15) is 13.2 Å². The fraction of sp³-hybridized carbons (Fsp3) is 0.250. The lowest BCUT2D eigenvalue weighted by Crippen LogP contribution is -2.18. The van der Waals surface area contributed by atoms with Crippen molar-refractivity contribution in [3.8, 4) is 28.7 Å². The van der Waals surface area contributed by atoms with E-state index in [1.165, 1.54) is 12.1 Å². The maximum atomic E-state index is 12.8. The van der Waals surface area contributed by atoms with Gasteiger partial charge in [-0.05, 0) is 86.1 Å². The minimum atomic E-state index is -4.34. The standard InChI is InChI=1S/C32H33F3N2O4/c1-4-40-26-13-9-24(10-14-26)37-25-11-15-27(16-12-25)41-28-19-30(38-2)29(31(20-28)39-3)21-36-18-17-22-5-7-23(8-6-22)32(33,34)35/h5-16,19-20,36-37H,4,17-18,21H2,1-3H3. The molecule has 0 heterocycles. The Morgan fingerprint density at radius 2 is 1.27 bits per heavy atom. The Morgan fingerprint density at radius 3 is 1.78 bits per heavy atom. The summed E-state index contributed by atoms with van der Waals surface area (Å²) in [6.45, 7) is 3.58. The van der Waals surface area contributed by atoms with Gasteiger partial charge in [-0.1, -0.05) is 12.1 Å². The number of rotatable bonds is 13. The first-order chi connectivity index (χ1) is 19.8. The highest BCUT2D eigenvalue weighted by atomic mass is 19.4. The summed E-state index contributed by atoms with van der Waals surface area (Å²) >= 11 is 0. The molecule has 2 N–H and O–H groups in total. The van der Waals surface area contributed by atoms with Crippen LogP contribution in [0.2, 0.25) is 0 Å². The van der Waals surface area contributed by atoms with Gasteiger partial charge in [0.2, 0.25) is 0 Å². The zero-order valence-corrected chi connectivity index (χ0v) is 23.2. The summed E-state index contributed by atoms with van der Waals surface area (Å²) in [5.41, 5.74) is 2.83. The first-order valence-electron chi connectivity index (χ1n) is 13.2. The molecule has 0 aliphatic carbocycles. The minimum absolute atomic E-state index is 0.444. The van der Waals surface area contributed by atoms with Crippen molar-refractivity contribution < 1.29 is 32.1 Å². The molecule has 0 amide bonds. The molecule has 4 rings (SSSR count). The average molecular weight is 567 g/mol. The van der Waals surface area contributed by atoms with Crippen molar-refractivity contribution in [3.63, 3.8) is 0 Å². The zero-order valence-electron chi connectivity index (χ0n) is 23.2. The summed E-state index contributed by atoms with van der Waals surface area (Å²) in [6, 6.07) is 24.1. The van der Waals surface area contributed by atoms with E-state index in [0.717, 1.165) is 40.4 Å². The van der Waals surface area contributed by atoms with Crippen LogP contribution in [0.25, 0.3) is 0 Å². The lowest BCUT2D eigenvalue weighted by Gasteiger charge is -2.17. The molecule has 0 saturated heterocycles. The Kier molecular flexibility index (Phi) is 9.97. The third kappa shape index (κ3) is 8.31. The van der Waals surface area contributed by atoms with Crippen LogP contribution in [-0.4, -0.2) is 27.4 Å². The van der Waals surface area contributed by atoms with Crippen LogP contribution in [0.3, 0.4) is 0 Å². The maximum Gasteiger partial charge on any atom is 0.416 e. The van der Waals surface area contributed by atoms with Crippen molar-refractivity contribution in [2.24, 2.45) is 0 Å². The van der Waals surface area contributed by atoms with Crippen molar-refractivity contribution >= 4 is 11.4 Å². The van der Waals surface area contributed by atoms with E-state index >= 15 is 0 Å². The van der Waals surface area contributed by atoms with E-state index < -0.39 is 11.7 Å². The number of hydrogen-bond acceptors (Lipinski definition) is 6. The molecule has 0 spiro atoms. The molecular weight excluding hydrogens is 533 g/mol. The molecule has 0 atom stereocenters. The molecule has 0 aromatic heterocycles. The molecule has 9 heteroatoms. The van der Waals surface area contributed by atoms with Crippen LogP contribution in [0.4, 0.5) is 24.5 Å². The largest absolute Gasteiger partial charge is 0.496 e. The highest BCUT2D eigenvalue weighted by molar-refractivity contribution is 5.61. The van der Waals surface area contributed by atoms with Gasteiger partial charge >= 0.3 is 6.18 Å². The maximum absolute atomic E-state index is 12.8. The number of anilines is 2. The lowest BCUT2D eigenvalue weighted by molar-refractivity contribution is -0.137. The molecule has 0 saturated carbocycles. The molecule has 4 aromatic carbocycles. The Morgan fingerprint density at radius 1 is 0.707 bits per heavy atom. The first kappa shape index (κ1) is 29.6. The number of ether oxygens (including phenoxy) is 4. The lowest BCUT2D eigenvalue weighted by atomic mass is 10.1. The van der Waals surface area contributed by atoms with E-state index in [-0.39, 0.29) is 0 Å². The first-order valence-corrected chi connectivity index (χ1v) is 13.2. The van der Waals surface area contributed by atoms with Crippen LogP contribution < -0.4 is 29.6 Å². The molecule has 0 fully saturated rings. The molecule has 0 unspecified atom stereocenters. The quantitative estimate of drug-likeness (QED) is 0.160. The van der Waals surface area contributed by atoms with E-state index in [1.807, 2.05) is 55.5 Å².